The van der Waals surface area contributed by atoms with Crippen molar-refractivity contribution in [3.63, 3.8) is 0 Å². The fourth-order valence-electron chi connectivity index (χ4n) is 2.33. The highest BCUT2D eigenvalue weighted by atomic mass is 16.5. The highest BCUT2D eigenvalue weighted by Gasteiger charge is 2.46. The summed E-state index contributed by atoms with van der Waals surface area (Å²) in [6.07, 6.45) is 0. The topological polar surface area (TPSA) is 96.5 Å². The van der Waals surface area contributed by atoms with Gasteiger partial charge in [0, 0.05) is 20.2 Å². The number of urea groups is 1. The third-order valence-corrected chi connectivity index (χ3v) is 3.63. The summed E-state index contributed by atoms with van der Waals surface area (Å²) in [4.78, 5) is 51.3. The Morgan fingerprint density at radius 3 is 2.19 bits per heavy atom. The summed E-state index contributed by atoms with van der Waals surface area (Å²) < 4.78 is 10.9. The molecule has 0 aromatic heterocycles. The van der Waals surface area contributed by atoms with Gasteiger partial charge in [-0.3, -0.25) is 14.4 Å². The van der Waals surface area contributed by atoms with Crippen LogP contribution in [0.5, 0.6) is 11.5 Å². The number of carbonyl (C=O) groups excluding carboxylic acids is 4. The standard InChI is InChI=1S/C17H21N3O6/c1-5-25-12-8-7-11(9-13(12)26-6-2)20-16(23)15(22)19(17(20)24)10-14(21)18(3)4/h7-9H,5-6,10H2,1-4H3. The second-order valence-corrected chi connectivity index (χ2v) is 5.60. The molecule has 9 heteroatoms. The molecule has 1 fully saturated rings. The normalized spacial score (nSPS) is 14.1. The van der Waals surface area contributed by atoms with Crippen LogP contribution in [0.2, 0.25) is 0 Å². The van der Waals surface area contributed by atoms with Crippen molar-refractivity contribution in [2.45, 2.75) is 13.8 Å². The number of anilines is 1. The van der Waals surface area contributed by atoms with Crippen LogP contribution in [0.3, 0.4) is 0 Å². The maximum atomic E-state index is 12.5. The molecule has 140 valence electrons. The van der Waals surface area contributed by atoms with Crippen LogP contribution < -0.4 is 14.4 Å². The molecule has 0 radical (unpaired) electrons. The molecule has 0 saturated carbocycles. The maximum Gasteiger partial charge on any atom is 0.339 e. The number of imide groups is 2. The molecule has 0 bridgehead atoms. The van der Waals surface area contributed by atoms with Crippen LogP contribution in [0.4, 0.5) is 10.5 Å². The second-order valence-electron chi connectivity index (χ2n) is 5.60. The number of rotatable bonds is 7. The Morgan fingerprint density at radius 2 is 1.62 bits per heavy atom. The minimum Gasteiger partial charge on any atom is -0.490 e. The molecule has 0 unspecified atom stereocenters. The maximum absolute atomic E-state index is 12.5. The number of likely N-dealkylation sites (N-methyl/N-ethyl adjacent to an activating group) is 1. The summed E-state index contributed by atoms with van der Waals surface area (Å²) in [6.45, 7) is 3.87. The number of hydrogen-bond donors (Lipinski definition) is 0. The molecule has 9 nitrogen and oxygen atoms in total. The summed E-state index contributed by atoms with van der Waals surface area (Å²) in [5.74, 6) is -1.72. The van der Waals surface area contributed by atoms with Gasteiger partial charge in [-0.25, -0.2) is 14.6 Å². The van der Waals surface area contributed by atoms with Crippen LogP contribution in [-0.2, 0) is 14.4 Å². The monoisotopic (exact) mass is 363 g/mol. The lowest BCUT2D eigenvalue weighted by molar-refractivity contribution is -0.141. The van der Waals surface area contributed by atoms with Crippen LogP contribution >= 0.6 is 0 Å². The van der Waals surface area contributed by atoms with Crippen molar-refractivity contribution in [1.82, 2.24) is 9.80 Å². The molecule has 2 rings (SSSR count). The van der Waals surface area contributed by atoms with E-state index in [9.17, 15) is 19.2 Å². The van der Waals surface area contributed by atoms with E-state index >= 15 is 0 Å². The summed E-state index contributed by atoms with van der Waals surface area (Å²) in [5.41, 5.74) is 0.167. The molecule has 1 saturated heterocycles. The molecule has 26 heavy (non-hydrogen) atoms. The molecule has 1 heterocycles. The van der Waals surface area contributed by atoms with Gasteiger partial charge in [-0.1, -0.05) is 0 Å². The van der Waals surface area contributed by atoms with Crippen molar-refractivity contribution in [3.05, 3.63) is 18.2 Å². The van der Waals surface area contributed by atoms with E-state index in [2.05, 4.69) is 0 Å². The number of nitrogens with zero attached hydrogens (tertiary/aromatic N) is 3. The molecule has 5 amide bonds. The predicted molar refractivity (Wildman–Crippen MR) is 92.1 cm³/mol. The molecule has 0 atom stereocenters. The fraction of sp³-hybridized carbons (Fsp3) is 0.412. The fourth-order valence-corrected chi connectivity index (χ4v) is 2.33. The first-order valence-corrected chi connectivity index (χ1v) is 8.11. The van der Waals surface area contributed by atoms with E-state index in [1.54, 1.807) is 13.0 Å². The van der Waals surface area contributed by atoms with Gasteiger partial charge in [0.25, 0.3) is 0 Å². The van der Waals surface area contributed by atoms with Gasteiger partial charge in [0.15, 0.2) is 11.5 Å². The molecule has 0 spiro atoms. The van der Waals surface area contributed by atoms with Gasteiger partial charge in [0.05, 0.1) is 18.9 Å². The molecule has 0 aliphatic carbocycles. The van der Waals surface area contributed by atoms with E-state index in [0.29, 0.717) is 29.6 Å². The number of carbonyl (C=O) groups is 4. The average molecular weight is 363 g/mol. The number of hydrogen-bond acceptors (Lipinski definition) is 6. The number of amides is 5. The van der Waals surface area contributed by atoms with Gasteiger partial charge in [0.1, 0.15) is 6.54 Å². The van der Waals surface area contributed by atoms with Gasteiger partial charge < -0.3 is 14.4 Å². The first-order valence-electron chi connectivity index (χ1n) is 8.11. The van der Waals surface area contributed by atoms with E-state index in [4.69, 9.17) is 9.47 Å². The van der Waals surface area contributed by atoms with E-state index in [-0.39, 0.29) is 5.69 Å². The quantitative estimate of drug-likeness (QED) is 0.527. The first kappa shape index (κ1) is 19.2. The van der Waals surface area contributed by atoms with E-state index in [0.717, 1.165) is 4.90 Å². The van der Waals surface area contributed by atoms with Gasteiger partial charge >= 0.3 is 17.8 Å². The zero-order valence-electron chi connectivity index (χ0n) is 15.1. The summed E-state index contributed by atoms with van der Waals surface area (Å²) in [6, 6.07) is 3.62. The number of ether oxygens (including phenoxy) is 2. The zero-order chi connectivity index (χ0) is 19.4. The van der Waals surface area contributed by atoms with Crippen molar-refractivity contribution in [2.75, 3.05) is 38.8 Å². The van der Waals surface area contributed by atoms with Crippen LogP contribution in [0.15, 0.2) is 18.2 Å². The minimum absolute atomic E-state index is 0.167. The molecule has 1 aromatic carbocycles. The first-order chi connectivity index (χ1) is 12.3. The molecule has 1 aromatic rings. The highest BCUT2D eigenvalue weighted by Crippen LogP contribution is 2.34. The second kappa shape index (κ2) is 7.85. The summed E-state index contributed by atoms with van der Waals surface area (Å²) in [5, 5.41) is 0. The Labute approximate surface area is 151 Å². The minimum atomic E-state index is -1.04. The SMILES string of the molecule is CCOc1ccc(N2C(=O)C(=O)N(CC(=O)N(C)C)C2=O)cc1OCC. The summed E-state index contributed by atoms with van der Waals surface area (Å²) in [7, 11) is 2.99. The Balaban J connectivity index is 2.34. The van der Waals surface area contributed by atoms with Gasteiger partial charge in [-0.05, 0) is 26.0 Å². The van der Waals surface area contributed by atoms with Crippen LogP contribution in [-0.4, -0.2) is 67.4 Å². The largest absolute Gasteiger partial charge is 0.490 e. The van der Waals surface area contributed by atoms with Crippen molar-refractivity contribution in [1.29, 1.82) is 0 Å². The predicted octanol–water partition coefficient (Wildman–Crippen LogP) is 0.867. The number of benzene rings is 1. The Hall–Kier alpha value is -3.10. The lowest BCUT2D eigenvalue weighted by Crippen LogP contribution is -2.41. The molecule has 1 aliphatic rings. The Morgan fingerprint density at radius 1 is 1.00 bits per heavy atom. The van der Waals surface area contributed by atoms with Gasteiger partial charge in [-0.2, -0.15) is 0 Å². The zero-order valence-corrected chi connectivity index (χ0v) is 15.1. The summed E-state index contributed by atoms with van der Waals surface area (Å²) >= 11 is 0. The van der Waals surface area contributed by atoms with E-state index in [1.165, 1.54) is 31.1 Å². The third kappa shape index (κ3) is 3.61. The van der Waals surface area contributed by atoms with Crippen molar-refractivity contribution in [3.8, 4) is 11.5 Å². The lowest BCUT2D eigenvalue weighted by atomic mass is 10.2. The van der Waals surface area contributed by atoms with Gasteiger partial charge in [-0.15, -0.1) is 0 Å². The molecular weight excluding hydrogens is 342 g/mol. The molecule has 0 N–H and O–H groups in total. The molecule has 1 aliphatic heterocycles. The van der Waals surface area contributed by atoms with E-state index < -0.39 is 30.3 Å². The lowest BCUT2D eigenvalue weighted by Gasteiger charge is -2.18. The van der Waals surface area contributed by atoms with Crippen molar-refractivity contribution < 1.29 is 28.7 Å². The smallest absolute Gasteiger partial charge is 0.339 e. The van der Waals surface area contributed by atoms with Crippen molar-refractivity contribution >= 4 is 29.4 Å². The Kier molecular flexibility index (Phi) is 5.81. The van der Waals surface area contributed by atoms with Gasteiger partial charge in [0.2, 0.25) is 5.91 Å². The highest BCUT2D eigenvalue weighted by molar-refractivity contribution is 6.53. The van der Waals surface area contributed by atoms with Crippen LogP contribution in [0.25, 0.3) is 0 Å². The third-order valence-electron chi connectivity index (χ3n) is 3.63. The average Bonchev–Trinajstić information content (AvgIpc) is 2.80. The van der Waals surface area contributed by atoms with Crippen LogP contribution in [0.1, 0.15) is 13.8 Å². The van der Waals surface area contributed by atoms with Crippen LogP contribution in [0, 0.1) is 0 Å². The van der Waals surface area contributed by atoms with E-state index in [1.807, 2.05) is 6.92 Å². The van der Waals surface area contributed by atoms with Crippen molar-refractivity contribution in [2.24, 2.45) is 0 Å². The molecular formula is C17H21N3O6. The Bertz CT molecular complexity index is 746.